The summed E-state index contributed by atoms with van der Waals surface area (Å²) >= 11 is 0. The minimum Gasteiger partial charge on any atom is -0.481 e. The first kappa shape index (κ1) is 44.1. The average Bonchev–Trinajstić information content (AvgIpc) is 3.20. The fourth-order valence-electron chi connectivity index (χ4n) is 11.5. The van der Waals surface area contributed by atoms with Crippen molar-refractivity contribution in [3.8, 4) is 0 Å². The van der Waals surface area contributed by atoms with Crippen LogP contribution in [0.25, 0.3) is 0 Å². The van der Waals surface area contributed by atoms with Crippen molar-refractivity contribution in [1.82, 2.24) is 0 Å². The molecule has 5 unspecified atom stereocenters. The lowest BCUT2D eigenvalue weighted by Gasteiger charge is -2.47. The molecule has 0 aliphatic heterocycles. The van der Waals surface area contributed by atoms with Crippen molar-refractivity contribution in [3.05, 3.63) is 0 Å². The van der Waals surface area contributed by atoms with E-state index in [0.29, 0.717) is 67.5 Å². The normalized spacial score (nSPS) is 38.8. The number of carboxylic acid groups (broad SMARTS) is 1. The van der Waals surface area contributed by atoms with Gasteiger partial charge in [-0.1, -0.05) is 26.7 Å². The summed E-state index contributed by atoms with van der Waals surface area (Å²) in [6.07, 6.45) is 22.9. The van der Waals surface area contributed by atoms with Crippen molar-refractivity contribution < 1.29 is 58.7 Å². The van der Waals surface area contributed by atoms with E-state index < -0.39 is 29.9 Å². The maximum atomic E-state index is 13.1. The molecule has 6 aliphatic rings. The zero-order valence-electron chi connectivity index (χ0n) is 34.2. The highest BCUT2D eigenvalue weighted by Crippen LogP contribution is 2.49. The molecule has 6 aliphatic carbocycles. The second-order valence-electron chi connectivity index (χ2n) is 18.9. The highest BCUT2D eigenvalue weighted by atomic mass is 17.3. The molecule has 6 fully saturated rings. The van der Waals surface area contributed by atoms with Gasteiger partial charge in [-0.25, -0.2) is 19.6 Å². The van der Waals surface area contributed by atoms with Gasteiger partial charge in [-0.15, -0.1) is 4.99 Å². The Labute approximate surface area is 334 Å². The number of hydrogen-bond acceptors (Lipinski definition) is 12. The smallest absolute Gasteiger partial charge is 0.310 e. The lowest BCUT2D eigenvalue weighted by molar-refractivity contribution is -0.340. The van der Waals surface area contributed by atoms with Gasteiger partial charge in [0.25, 0.3) is 0 Å². The molecule has 0 radical (unpaired) electrons. The number of aliphatic carboxylic acids is 1. The first-order valence-electron chi connectivity index (χ1n) is 22.4. The van der Waals surface area contributed by atoms with Crippen molar-refractivity contribution >= 4 is 11.9 Å². The Balaban J connectivity index is 0.827. The molecule has 0 aromatic heterocycles. The van der Waals surface area contributed by atoms with E-state index in [9.17, 15) is 14.7 Å². The standard InChI is InChI=1S/C43H73NO12/c1-43(2,31-9-13-33(14-10-31)52-35-19-21-37(22-20-35)54-50-27-29-6-4-3-5-28(29)26-49-48)30-7-11-32(12-8-30)51-34-15-17-36(18-16-34)53-42(47)40-25-38(55-56-44)23-24-39(40)41(45)46/h28-40,48H,3-27,44H2,1-2H3,(H,45,46). The van der Waals surface area contributed by atoms with Crippen LogP contribution < -0.4 is 5.90 Å². The topological polar surface area (TPSA) is 174 Å². The molecule has 5 atom stereocenters. The molecule has 4 N–H and O–H groups in total. The first-order valence-corrected chi connectivity index (χ1v) is 22.4. The van der Waals surface area contributed by atoms with Crippen LogP contribution in [0.15, 0.2) is 0 Å². The summed E-state index contributed by atoms with van der Waals surface area (Å²) in [5, 5.41) is 18.6. The molecule has 13 heteroatoms. The van der Waals surface area contributed by atoms with Gasteiger partial charge in [0.15, 0.2) is 0 Å². The van der Waals surface area contributed by atoms with Crippen LogP contribution in [0.5, 0.6) is 0 Å². The summed E-state index contributed by atoms with van der Waals surface area (Å²) in [6, 6.07) is 0. The van der Waals surface area contributed by atoms with Gasteiger partial charge in [0.2, 0.25) is 0 Å². The SMILES string of the molecule is CC(C)(C1CCC(OC2CCC(OOCC3CCCCC3COO)CC2)CC1)C1CCC(OC2CCC(OC(=O)C3CC(OON)CCC3C(=O)O)CC2)CC1. The van der Waals surface area contributed by atoms with E-state index in [4.69, 9.17) is 40.0 Å². The number of rotatable bonds is 17. The minimum atomic E-state index is -0.981. The number of ether oxygens (including phenoxy) is 3. The molecule has 13 nitrogen and oxygen atoms in total. The number of hydrogen-bond donors (Lipinski definition) is 3. The molecule has 0 aromatic carbocycles. The molecule has 56 heavy (non-hydrogen) atoms. The quantitative estimate of drug-likeness (QED) is 0.0730. The Morgan fingerprint density at radius 3 is 1.54 bits per heavy atom. The summed E-state index contributed by atoms with van der Waals surface area (Å²) in [6.45, 7) is 5.98. The molecule has 0 bridgehead atoms. The van der Waals surface area contributed by atoms with E-state index in [-0.39, 0.29) is 24.7 Å². The number of nitrogens with two attached hydrogens (primary N) is 1. The largest absolute Gasteiger partial charge is 0.481 e. The van der Waals surface area contributed by atoms with Crippen LogP contribution in [-0.4, -0.2) is 78.2 Å². The molecule has 322 valence electrons. The Hall–Kier alpha value is -1.42. The Bertz CT molecular complexity index is 1170. The number of carboxylic acids is 1. The number of carbonyl (C=O) groups is 2. The second kappa shape index (κ2) is 21.7. The molecule has 0 saturated heterocycles. The van der Waals surface area contributed by atoms with Gasteiger partial charge in [0.05, 0.1) is 61.7 Å². The van der Waals surface area contributed by atoms with E-state index in [1.807, 2.05) is 0 Å². The lowest BCUT2D eigenvalue weighted by Crippen LogP contribution is -2.41. The van der Waals surface area contributed by atoms with Gasteiger partial charge in [-0.2, -0.15) is 5.90 Å². The van der Waals surface area contributed by atoms with Crippen LogP contribution in [0, 0.1) is 40.9 Å². The first-order chi connectivity index (χ1) is 27.1. The van der Waals surface area contributed by atoms with Gasteiger partial charge >= 0.3 is 11.9 Å². The van der Waals surface area contributed by atoms with Crippen LogP contribution in [0.2, 0.25) is 0 Å². The summed E-state index contributed by atoms with van der Waals surface area (Å²) in [5.41, 5.74) is 0.303. The molecule has 6 saturated carbocycles. The van der Waals surface area contributed by atoms with Gasteiger partial charge in [0, 0.05) is 0 Å². The molecule has 6 rings (SSSR count). The Morgan fingerprint density at radius 1 is 0.571 bits per heavy atom. The van der Waals surface area contributed by atoms with Crippen LogP contribution in [0.3, 0.4) is 0 Å². The van der Waals surface area contributed by atoms with Crippen LogP contribution in [-0.2, 0) is 48.3 Å². The van der Waals surface area contributed by atoms with Crippen molar-refractivity contribution in [3.63, 3.8) is 0 Å². The van der Waals surface area contributed by atoms with Crippen molar-refractivity contribution in [2.24, 2.45) is 46.8 Å². The highest BCUT2D eigenvalue weighted by molar-refractivity contribution is 5.81. The zero-order chi connectivity index (χ0) is 39.5. The van der Waals surface area contributed by atoms with Crippen LogP contribution in [0.4, 0.5) is 0 Å². The molecule has 0 amide bonds. The van der Waals surface area contributed by atoms with E-state index >= 15 is 0 Å². The summed E-state index contributed by atoms with van der Waals surface area (Å²) in [5.74, 6) is 4.22. The molecule has 0 aromatic rings. The summed E-state index contributed by atoms with van der Waals surface area (Å²) in [7, 11) is 0. The van der Waals surface area contributed by atoms with Crippen molar-refractivity contribution in [2.75, 3.05) is 13.2 Å². The van der Waals surface area contributed by atoms with Gasteiger partial charge in [-0.05, 0) is 164 Å². The molecule has 0 heterocycles. The van der Waals surface area contributed by atoms with Crippen molar-refractivity contribution in [2.45, 2.75) is 204 Å². The third-order valence-electron chi connectivity index (χ3n) is 15.2. The average molecular weight is 796 g/mol. The van der Waals surface area contributed by atoms with Gasteiger partial charge < -0.3 is 19.3 Å². The minimum absolute atomic E-state index is 0.140. The van der Waals surface area contributed by atoms with E-state index in [1.165, 1.54) is 38.5 Å². The third kappa shape index (κ3) is 12.3. The Kier molecular flexibility index (Phi) is 17.1. The fourth-order valence-corrected chi connectivity index (χ4v) is 11.5. The van der Waals surface area contributed by atoms with Crippen molar-refractivity contribution in [1.29, 1.82) is 0 Å². The maximum Gasteiger partial charge on any atom is 0.310 e. The molecule has 0 spiro atoms. The van der Waals surface area contributed by atoms with Crippen LogP contribution >= 0.6 is 0 Å². The van der Waals surface area contributed by atoms with Gasteiger partial charge in [-0.3, -0.25) is 14.8 Å². The highest BCUT2D eigenvalue weighted by Gasteiger charge is 2.44. The van der Waals surface area contributed by atoms with E-state index in [1.54, 1.807) is 0 Å². The fraction of sp³-hybridized carbons (Fsp3) is 0.953. The van der Waals surface area contributed by atoms with E-state index in [0.717, 1.165) is 95.8 Å². The van der Waals surface area contributed by atoms with E-state index in [2.05, 4.69) is 23.7 Å². The summed E-state index contributed by atoms with van der Waals surface area (Å²) < 4.78 is 19.2. The maximum absolute atomic E-state index is 13.1. The van der Waals surface area contributed by atoms with Gasteiger partial charge in [0.1, 0.15) is 6.10 Å². The number of carbonyl (C=O) groups excluding carboxylic acids is 1. The lowest BCUT2D eigenvalue weighted by atomic mass is 9.60. The second-order valence-corrected chi connectivity index (χ2v) is 18.9. The summed E-state index contributed by atoms with van der Waals surface area (Å²) in [4.78, 5) is 50.3. The third-order valence-corrected chi connectivity index (χ3v) is 15.2. The number of esters is 1. The predicted octanol–water partition coefficient (Wildman–Crippen LogP) is 8.26. The Morgan fingerprint density at radius 2 is 1.04 bits per heavy atom. The predicted molar refractivity (Wildman–Crippen MR) is 205 cm³/mol. The molecular formula is C43H73NO12. The monoisotopic (exact) mass is 796 g/mol. The molecular weight excluding hydrogens is 722 g/mol. The van der Waals surface area contributed by atoms with Crippen LogP contribution in [0.1, 0.15) is 162 Å². The zero-order valence-corrected chi connectivity index (χ0v) is 34.2.